The van der Waals surface area contributed by atoms with E-state index in [-0.39, 0.29) is 15.7 Å². The zero-order valence-corrected chi connectivity index (χ0v) is 18.5. The van der Waals surface area contributed by atoms with Crippen LogP contribution in [0.3, 0.4) is 0 Å². The van der Waals surface area contributed by atoms with Crippen LogP contribution >= 0.6 is 23.2 Å². The van der Waals surface area contributed by atoms with Crippen molar-refractivity contribution in [3.05, 3.63) is 100 Å². The number of hydrogen-bond acceptors (Lipinski definition) is 3. The molecule has 5 nitrogen and oxygen atoms in total. The van der Waals surface area contributed by atoms with E-state index in [0.717, 1.165) is 21.7 Å². The van der Waals surface area contributed by atoms with Gasteiger partial charge in [-0.3, -0.25) is 9.10 Å². The summed E-state index contributed by atoms with van der Waals surface area (Å²) < 4.78 is 25.7. The summed E-state index contributed by atoms with van der Waals surface area (Å²) in [6.45, 7) is -0.411. The number of rotatable bonds is 7. The van der Waals surface area contributed by atoms with Crippen LogP contribution in [-0.2, 0) is 14.8 Å². The zero-order chi connectivity index (χ0) is 21.7. The number of benzene rings is 3. The number of carbonyl (C=O) groups is 1. The van der Waals surface area contributed by atoms with E-state index in [1.807, 2.05) is 60.7 Å². The molecule has 0 atom stereocenters. The fraction of sp³-hybridized carbons (Fsp3) is 0.136. The monoisotopic (exact) mass is 462 g/mol. The standard InChI is InChI=1S/C22H20Cl2N2O3S/c1-30(28,29)26(20-13-18(23)12-19(24)14-20)15-21(27)25-22(16-8-4-2-5-9-16)17-10-6-3-7-11-17/h2-14,22H,15H2,1H3,(H,25,27). The van der Waals surface area contributed by atoms with Gasteiger partial charge in [-0.1, -0.05) is 83.9 Å². The van der Waals surface area contributed by atoms with Crippen molar-refractivity contribution in [1.29, 1.82) is 0 Å². The Kier molecular flexibility index (Phi) is 7.02. The van der Waals surface area contributed by atoms with Gasteiger partial charge in [-0.15, -0.1) is 0 Å². The number of amides is 1. The highest BCUT2D eigenvalue weighted by Crippen LogP contribution is 2.27. The molecule has 0 bridgehead atoms. The van der Waals surface area contributed by atoms with Crippen LogP contribution in [0.1, 0.15) is 17.2 Å². The summed E-state index contributed by atoms with van der Waals surface area (Å²) in [5.74, 6) is -0.464. The molecule has 8 heteroatoms. The highest BCUT2D eigenvalue weighted by molar-refractivity contribution is 7.92. The minimum atomic E-state index is -3.76. The first-order valence-electron chi connectivity index (χ1n) is 9.07. The highest BCUT2D eigenvalue weighted by atomic mass is 35.5. The molecule has 3 aromatic carbocycles. The smallest absolute Gasteiger partial charge is 0.241 e. The summed E-state index contributed by atoms with van der Waals surface area (Å²) in [6, 6.07) is 22.9. The summed E-state index contributed by atoms with van der Waals surface area (Å²) in [5.41, 5.74) is 1.99. The average Bonchev–Trinajstić information content (AvgIpc) is 2.70. The second-order valence-corrected chi connectivity index (χ2v) is 9.50. The third-order valence-corrected chi connectivity index (χ3v) is 5.97. The maximum atomic E-state index is 12.9. The van der Waals surface area contributed by atoms with Crippen molar-refractivity contribution in [2.45, 2.75) is 6.04 Å². The van der Waals surface area contributed by atoms with Crippen molar-refractivity contribution in [2.75, 3.05) is 17.1 Å². The molecule has 30 heavy (non-hydrogen) atoms. The Labute approximate surface area is 186 Å². The first kappa shape index (κ1) is 22.2. The molecule has 156 valence electrons. The second-order valence-electron chi connectivity index (χ2n) is 6.72. The van der Waals surface area contributed by atoms with E-state index in [4.69, 9.17) is 23.2 Å². The van der Waals surface area contributed by atoms with E-state index < -0.39 is 28.5 Å². The zero-order valence-electron chi connectivity index (χ0n) is 16.1. The van der Waals surface area contributed by atoms with Gasteiger partial charge in [0.15, 0.2) is 0 Å². The van der Waals surface area contributed by atoms with Gasteiger partial charge in [0.2, 0.25) is 15.9 Å². The Balaban J connectivity index is 1.89. The molecule has 1 amide bonds. The van der Waals surface area contributed by atoms with Crippen LogP contribution in [0.4, 0.5) is 5.69 Å². The molecular weight excluding hydrogens is 443 g/mol. The SMILES string of the molecule is CS(=O)(=O)N(CC(=O)NC(c1ccccc1)c1ccccc1)c1cc(Cl)cc(Cl)c1. The summed E-state index contributed by atoms with van der Waals surface area (Å²) in [4.78, 5) is 12.9. The minimum absolute atomic E-state index is 0.223. The van der Waals surface area contributed by atoms with Gasteiger partial charge < -0.3 is 5.32 Å². The Morgan fingerprint density at radius 1 is 0.900 bits per heavy atom. The van der Waals surface area contributed by atoms with E-state index >= 15 is 0 Å². The number of hydrogen-bond donors (Lipinski definition) is 1. The fourth-order valence-electron chi connectivity index (χ4n) is 3.07. The van der Waals surface area contributed by atoms with Gasteiger partial charge in [0, 0.05) is 10.0 Å². The van der Waals surface area contributed by atoms with Crippen LogP contribution in [0, 0.1) is 0 Å². The van der Waals surface area contributed by atoms with Gasteiger partial charge in [0.05, 0.1) is 18.0 Å². The lowest BCUT2D eigenvalue weighted by atomic mass is 9.99. The number of carbonyl (C=O) groups excluding carboxylic acids is 1. The molecule has 0 aromatic heterocycles. The molecule has 0 radical (unpaired) electrons. The molecule has 0 saturated carbocycles. The molecule has 0 heterocycles. The van der Waals surface area contributed by atoms with E-state index in [1.54, 1.807) is 0 Å². The summed E-state index contributed by atoms with van der Waals surface area (Å²) in [7, 11) is -3.76. The molecule has 3 rings (SSSR count). The molecule has 1 N–H and O–H groups in total. The Hall–Kier alpha value is -2.54. The number of anilines is 1. The van der Waals surface area contributed by atoms with Crippen LogP contribution in [0.25, 0.3) is 0 Å². The third kappa shape index (κ3) is 5.75. The predicted molar refractivity (Wildman–Crippen MR) is 122 cm³/mol. The highest BCUT2D eigenvalue weighted by Gasteiger charge is 2.24. The summed E-state index contributed by atoms with van der Waals surface area (Å²) in [5, 5.41) is 3.49. The van der Waals surface area contributed by atoms with Crippen LogP contribution in [0.5, 0.6) is 0 Å². The predicted octanol–water partition coefficient (Wildman–Crippen LogP) is 4.67. The molecule has 0 aliphatic carbocycles. The second kappa shape index (κ2) is 9.51. The van der Waals surface area contributed by atoms with Gasteiger partial charge in [0.1, 0.15) is 6.54 Å². The van der Waals surface area contributed by atoms with Crippen molar-refractivity contribution in [2.24, 2.45) is 0 Å². The lowest BCUT2D eigenvalue weighted by Crippen LogP contribution is -2.41. The Bertz CT molecular complexity index is 1060. The van der Waals surface area contributed by atoms with E-state index in [9.17, 15) is 13.2 Å². The normalized spacial score (nSPS) is 11.3. The van der Waals surface area contributed by atoms with Crippen molar-refractivity contribution >= 4 is 44.8 Å². The Morgan fingerprint density at radius 3 is 1.80 bits per heavy atom. The van der Waals surface area contributed by atoms with Crippen molar-refractivity contribution in [3.63, 3.8) is 0 Å². The molecule has 0 unspecified atom stereocenters. The molecule has 0 saturated heterocycles. The van der Waals surface area contributed by atoms with Gasteiger partial charge in [-0.05, 0) is 29.3 Å². The molecule has 0 spiro atoms. The van der Waals surface area contributed by atoms with Crippen molar-refractivity contribution in [1.82, 2.24) is 5.32 Å². The first-order valence-corrected chi connectivity index (χ1v) is 11.7. The number of sulfonamides is 1. The number of halogens is 2. The quantitative estimate of drug-likeness (QED) is 0.554. The van der Waals surface area contributed by atoms with E-state index in [1.165, 1.54) is 18.2 Å². The van der Waals surface area contributed by atoms with Gasteiger partial charge in [0.25, 0.3) is 0 Å². The number of nitrogens with one attached hydrogen (secondary N) is 1. The summed E-state index contributed by atoms with van der Waals surface area (Å²) >= 11 is 12.0. The van der Waals surface area contributed by atoms with Gasteiger partial charge in [-0.2, -0.15) is 0 Å². The third-order valence-electron chi connectivity index (χ3n) is 4.39. The van der Waals surface area contributed by atoms with Crippen molar-refractivity contribution in [3.8, 4) is 0 Å². The lowest BCUT2D eigenvalue weighted by molar-refractivity contribution is -0.120. The average molecular weight is 463 g/mol. The Morgan fingerprint density at radius 2 is 1.37 bits per heavy atom. The van der Waals surface area contributed by atoms with E-state index in [2.05, 4.69) is 5.32 Å². The molecule has 0 fully saturated rings. The maximum Gasteiger partial charge on any atom is 0.241 e. The lowest BCUT2D eigenvalue weighted by Gasteiger charge is -2.25. The van der Waals surface area contributed by atoms with Crippen LogP contribution in [-0.4, -0.2) is 27.1 Å². The van der Waals surface area contributed by atoms with Crippen LogP contribution in [0.2, 0.25) is 10.0 Å². The van der Waals surface area contributed by atoms with Gasteiger partial charge >= 0.3 is 0 Å². The van der Waals surface area contributed by atoms with Gasteiger partial charge in [-0.25, -0.2) is 8.42 Å². The fourth-order valence-corrected chi connectivity index (χ4v) is 4.43. The molecule has 3 aromatic rings. The first-order chi connectivity index (χ1) is 14.2. The van der Waals surface area contributed by atoms with Crippen LogP contribution < -0.4 is 9.62 Å². The summed E-state index contributed by atoms with van der Waals surface area (Å²) in [6.07, 6.45) is 1.03. The molecule has 0 aliphatic rings. The van der Waals surface area contributed by atoms with E-state index in [0.29, 0.717) is 0 Å². The topological polar surface area (TPSA) is 66.5 Å². The van der Waals surface area contributed by atoms with Crippen molar-refractivity contribution < 1.29 is 13.2 Å². The minimum Gasteiger partial charge on any atom is -0.344 e. The maximum absolute atomic E-state index is 12.9. The number of nitrogens with zero attached hydrogens (tertiary/aromatic N) is 1. The molecule has 0 aliphatic heterocycles. The van der Waals surface area contributed by atoms with Crippen LogP contribution in [0.15, 0.2) is 78.9 Å². The largest absolute Gasteiger partial charge is 0.344 e. The molecular formula is C22H20Cl2N2O3S.